The summed E-state index contributed by atoms with van der Waals surface area (Å²) in [4.78, 5) is 28.3. The normalized spacial score (nSPS) is 15.1. The number of carbonyl (C=O) groups is 1. The number of aryl methyl sites for hydroxylation is 1. The van der Waals surface area contributed by atoms with Crippen molar-refractivity contribution >= 4 is 5.91 Å². The zero-order valence-electron chi connectivity index (χ0n) is 13.3. The number of halogens is 1. The van der Waals surface area contributed by atoms with Crippen molar-refractivity contribution in [3.05, 3.63) is 69.4 Å². The van der Waals surface area contributed by atoms with Gasteiger partial charge in [0.05, 0.1) is 18.2 Å². The van der Waals surface area contributed by atoms with Gasteiger partial charge in [-0.2, -0.15) is 0 Å². The van der Waals surface area contributed by atoms with Crippen LogP contribution in [0.4, 0.5) is 4.39 Å². The van der Waals surface area contributed by atoms with E-state index in [0.29, 0.717) is 16.7 Å². The molecule has 1 heterocycles. The van der Waals surface area contributed by atoms with Crippen LogP contribution in [0.2, 0.25) is 0 Å². The van der Waals surface area contributed by atoms with Gasteiger partial charge in [-0.3, -0.25) is 9.59 Å². The second-order valence-electron chi connectivity index (χ2n) is 6.15. The highest BCUT2D eigenvalue weighted by Crippen LogP contribution is 2.30. The molecule has 2 aromatic rings. The van der Waals surface area contributed by atoms with Crippen molar-refractivity contribution in [3.63, 3.8) is 0 Å². The van der Waals surface area contributed by atoms with Gasteiger partial charge in [-0.25, -0.2) is 4.39 Å². The molecular weight excluding hydrogens is 311 g/mol. The minimum Gasteiger partial charge on any atom is -0.387 e. The molecule has 24 heavy (non-hydrogen) atoms. The number of amides is 1. The zero-order valence-corrected chi connectivity index (χ0v) is 13.3. The highest BCUT2D eigenvalue weighted by Gasteiger charge is 2.35. The minimum absolute atomic E-state index is 0.0962. The fourth-order valence-corrected chi connectivity index (χ4v) is 2.72. The van der Waals surface area contributed by atoms with Crippen molar-refractivity contribution in [1.82, 2.24) is 9.88 Å². The van der Waals surface area contributed by atoms with Crippen molar-refractivity contribution < 1.29 is 14.3 Å². The standard InChI is InChI=1S/C18H19FN2O3/c1-11-8-17(23)20-9-15(11)18(24)21(14-6-7-14)10-16(22)12-2-4-13(19)5-3-12/h2-5,8-9,14,16,22H,6-7,10H2,1H3,(H,20,23). The lowest BCUT2D eigenvalue weighted by atomic mass is 10.1. The number of rotatable bonds is 5. The van der Waals surface area contributed by atoms with Crippen molar-refractivity contribution in [2.45, 2.75) is 31.9 Å². The van der Waals surface area contributed by atoms with Crippen molar-refractivity contribution in [1.29, 1.82) is 0 Å². The highest BCUT2D eigenvalue weighted by molar-refractivity contribution is 5.95. The number of hydrogen-bond donors (Lipinski definition) is 2. The van der Waals surface area contributed by atoms with E-state index in [1.54, 1.807) is 11.8 Å². The molecule has 0 aliphatic heterocycles. The Morgan fingerprint density at radius 3 is 2.62 bits per heavy atom. The fraction of sp³-hybridized carbons (Fsp3) is 0.333. The van der Waals surface area contributed by atoms with Crippen molar-refractivity contribution in [2.75, 3.05) is 6.54 Å². The number of aliphatic hydroxyl groups excluding tert-OH is 1. The van der Waals surface area contributed by atoms with Crippen LogP contribution in [0.3, 0.4) is 0 Å². The molecule has 126 valence electrons. The molecule has 1 amide bonds. The van der Waals surface area contributed by atoms with E-state index < -0.39 is 6.10 Å². The Bertz CT molecular complexity index is 797. The monoisotopic (exact) mass is 330 g/mol. The zero-order chi connectivity index (χ0) is 17.3. The number of nitrogens with zero attached hydrogens (tertiary/aromatic N) is 1. The maximum absolute atomic E-state index is 13.0. The second-order valence-corrected chi connectivity index (χ2v) is 6.15. The summed E-state index contributed by atoms with van der Waals surface area (Å²) < 4.78 is 13.0. The largest absolute Gasteiger partial charge is 0.387 e. The van der Waals surface area contributed by atoms with Crippen LogP contribution in [0.15, 0.2) is 41.3 Å². The van der Waals surface area contributed by atoms with Crippen molar-refractivity contribution in [3.8, 4) is 0 Å². The minimum atomic E-state index is -0.891. The first-order valence-corrected chi connectivity index (χ1v) is 7.89. The first-order valence-electron chi connectivity index (χ1n) is 7.89. The van der Waals surface area contributed by atoms with Crippen LogP contribution < -0.4 is 5.56 Å². The Kier molecular flexibility index (Phi) is 4.49. The maximum atomic E-state index is 13.0. The van der Waals surface area contributed by atoms with Crippen LogP contribution in [0, 0.1) is 12.7 Å². The lowest BCUT2D eigenvalue weighted by molar-refractivity contribution is 0.0602. The quantitative estimate of drug-likeness (QED) is 0.882. The number of carbonyl (C=O) groups excluding carboxylic acids is 1. The first kappa shape index (κ1) is 16.4. The predicted molar refractivity (Wildman–Crippen MR) is 87.2 cm³/mol. The summed E-state index contributed by atoms with van der Waals surface area (Å²) in [5.41, 5.74) is 1.33. The molecule has 3 rings (SSSR count). The fourth-order valence-electron chi connectivity index (χ4n) is 2.72. The van der Waals surface area contributed by atoms with E-state index in [2.05, 4.69) is 4.98 Å². The first-order chi connectivity index (χ1) is 11.5. The maximum Gasteiger partial charge on any atom is 0.255 e. The molecule has 1 saturated carbocycles. The van der Waals surface area contributed by atoms with E-state index in [1.807, 2.05) is 0 Å². The van der Waals surface area contributed by atoms with E-state index >= 15 is 0 Å². The number of nitrogens with one attached hydrogen (secondary N) is 1. The number of hydrogen-bond acceptors (Lipinski definition) is 3. The van der Waals surface area contributed by atoms with Gasteiger partial charge < -0.3 is 15.0 Å². The third-order valence-corrected chi connectivity index (χ3v) is 4.23. The summed E-state index contributed by atoms with van der Waals surface area (Å²) in [7, 11) is 0. The van der Waals surface area contributed by atoms with E-state index in [-0.39, 0.29) is 29.9 Å². The number of aromatic nitrogens is 1. The van der Waals surface area contributed by atoms with Crippen LogP contribution in [-0.4, -0.2) is 33.5 Å². The summed E-state index contributed by atoms with van der Waals surface area (Å²) in [5, 5.41) is 10.4. The Balaban J connectivity index is 1.80. The van der Waals surface area contributed by atoms with E-state index in [1.165, 1.54) is 36.5 Å². The summed E-state index contributed by atoms with van der Waals surface area (Å²) >= 11 is 0. The molecule has 1 unspecified atom stereocenters. The van der Waals surface area contributed by atoms with Crippen LogP contribution in [0.5, 0.6) is 0 Å². The van der Waals surface area contributed by atoms with Gasteiger partial charge in [0.25, 0.3) is 5.91 Å². The Morgan fingerprint density at radius 2 is 2.04 bits per heavy atom. The summed E-state index contributed by atoms with van der Waals surface area (Å²) in [6.07, 6.45) is 2.31. The SMILES string of the molecule is Cc1cc(=O)[nH]cc1C(=O)N(CC(O)c1ccc(F)cc1)C1CC1. The van der Waals surface area contributed by atoms with Gasteiger partial charge in [0.2, 0.25) is 5.56 Å². The topological polar surface area (TPSA) is 73.4 Å². The number of H-pyrrole nitrogens is 1. The molecule has 1 fully saturated rings. The molecule has 5 nitrogen and oxygen atoms in total. The van der Waals surface area contributed by atoms with Gasteiger partial charge in [0.1, 0.15) is 5.82 Å². The molecule has 0 saturated heterocycles. The average molecular weight is 330 g/mol. The molecular formula is C18H19FN2O3. The molecule has 1 aromatic carbocycles. The Labute approximate surface area is 138 Å². The van der Waals surface area contributed by atoms with Crippen LogP contribution >= 0.6 is 0 Å². The van der Waals surface area contributed by atoms with E-state index in [4.69, 9.17) is 0 Å². The summed E-state index contributed by atoms with van der Waals surface area (Å²) in [6.45, 7) is 1.84. The average Bonchev–Trinajstić information content (AvgIpc) is 3.37. The third kappa shape index (κ3) is 3.54. The number of aromatic amines is 1. The molecule has 1 aliphatic rings. The van der Waals surface area contributed by atoms with E-state index in [9.17, 15) is 19.1 Å². The lowest BCUT2D eigenvalue weighted by Gasteiger charge is -2.26. The third-order valence-electron chi connectivity index (χ3n) is 4.23. The molecule has 0 bridgehead atoms. The highest BCUT2D eigenvalue weighted by atomic mass is 19.1. The molecule has 1 aromatic heterocycles. The van der Waals surface area contributed by atoms with Gasteiger partial charge in [0.15, 0.2) is 0 Å². The van der Waals surface area contributed by atoms with E-state index in [0.717, 1.165) is 12.8 Å². The number of pyridine rings is 1. The van der Waals surface area contributed by atoms with Gasteiger partial charge in [0, 0.05) is 18.3 Å². The molecule has 6 heteroatoms. The van der Waals surface area contributed by atoms with Crippen LogP contribution in [0.25, 0.3) is 0 Å². The lowest BCUT2D eigenvalue weighted by Crippen LogP contribution is -2.37. The van der Waals surface area contributed by atoms with Gasteiger partial charge in [-0.05, 0) is 43.0 Å². The van der Waals surface area contributed by atoms with Gasteiger partial charge >= 0.3 is 0 Å². The molecule has 1 atom stereocenters. The second kappa shape index (κ2) is 6.57. The smallest absolute Gasteiger partial charge is 0.255 e. The molecule has 0 spiro atoms. The van der Waals surface area contributed by atoms with Gasteiger partial charge in [-0.1, -0.05) is 12.1 Å². The summed E-state index contributed by atoms with van der Waals surface area (Å²) in [5.74, 6) is -0.586. The molecule has 1 aliphatic carbocycles. The van der Waals surface area contributed by atoms with Gasteiger partial charge in [-0.15, -0.1) is 0 Å². The Hall–Kier alpha value is -2.47. The Morgan fingerprint density at radius 1 is 1.38 bits per heavy atom. The number of benzene rings is 1. The predicted octanol–water partition coefficient (Wildman–Crippen LogP) is 2.16. The summed E-state index contributed by atoms with van der Waals surface area (Å²) in [6, 6.07) is 7.08. The molecule has 0 radical (unpaired) electrons. The molecule has 2 N–H and O–H groups in total. The van der Waals surface area contributed by atoms with Crippen LogP contribution in [0.1, 0.15) is 40.4 Å². The van der Waals surface area contributed by atoms with Crippen molar-refractivity contribution in [2.24, 2.45) is 0 Å². The number of aliphatic hydroxyl groups is 1. The van der Waals surface area contributed by atoms with Crippen LogP contribution in [-0.2, 0) is 0 Å².